The minimum atomic E-state index is 0.521. The minimum absolute atomic E-state index is 0.521. The monoisotopic (exact) mass is 355 g/mol. The van der Waals surface area contributed by atoms with Gasteiger partial charge in [0.25, 0.3) is 0 Å². The molecule has 0 amide bonds. The summed E-state index contributed by atoms with van der Waals surface area (Å²) < 4.78 is 11.3. The fourth-order valence-corrected chi connectivity index (χ4v) is 2.67. The van der Waals surface area contributed by atoms with Crippen molar-refractivity contribution < 1.29 is 9.47 Å². The molecule has 0 saturated carbocycles. The van der Waals surface area contributed by atoms with Gasteiger partial charge in [0, 0.05) is 30.1 Å². The molecular formula is C13H14BrN3O2S. The van der Waals surface area contributed by atoms with E-state index in [-0.39, 0.29) is 0 Å². The third-order valence-corrected chi connectivity index (χ3v) is 4.05. The van der Waals surface area contributed by atoms with Gasteiger partial charge in [0.05, 0.1) is 18.7 Å². The maximum atomic E-state index is 5.23. The van der Waals surface area contributed by atoms with Crippen molar-refractivity contribution in [1.29, 1.82) is 0 Å². The molecule has 0 saturated heterocycles. The number of methoxy groups -OCH3 is 2. The largest absolute Gasteiger partial charge is 0.497 e. The summed E-state index contributed by atoms with van der Waals surface area (Å²) in [5.74, 6) is 1.93. The standard InChI is InChI=1S/C13H14BrN3O2S/c1-18-9-4-8(5-10(6-9)19-2)16-13-15-7-11(14)12(17-13)20-3/h4-7H,1-3H3,(H,15,16,17). The number of aromatic nitrogens is 2. The second-order valence-corrected chi connectivity index (χ2v) is 5.43. The molecule has 5 nitrogen and oxygen atoms in total. The first kappa shape index (κ1) is 14.9. The average molecular weight is 356 g/mol. The molecule has 7 heteroatoms. The van der Waals surface area contributed by atoms with Crippen molar-refractivity contribution in [3.8, 4) is 11.5 Å². The first-order valence-corrected chi connectivity index (χ1v) is 7.74. The lowest BCUT2D eigenvalue weighted by atomic mass is 10.3. The van der Waals surface area contributed by atoms with Gasteiger partial charge in [-0.15, -0.1) is 11.8 Å². The van der Waals surface area contributed by atoms with Crippen molar-refractivity contribution in [2.24, 2.45) is 0 Å². The highest BCUT2D eigenvalue weighted by molar-refractivity contribution is 9.10. The molecule has 0 aliphatic rings. The first-order valence-electron chi connectivity index (χ1n) is 5.73. The number of ether oxygens (including phenoxy) is 2. The van der Waals surface area contributed by atoms with Crippen LogP contribution in [0.2, 0.25) is 0 Å². The van der Waals surface area contributed by atoms with Gasteiger partial charge in [0.15, 0.2) is 0 Å². The number of nitrogens with one attached hydrogen (secondary N) is 1. The quantitative estimate of drug-likeness (QED) is 0.651. The average Bonchev–Trinajstić information content (AvgIpc) is 2.48. The molecule has 0 bridgehead atoms. The van der Waals surface area contributed by atoms with Crippen LogP contribution in [0.1, 0.15) is 0 Å². The summed E-state index contributed by atoms with van der Waals surface area (Å²) in [5, 5.41) is 4.01. The maximum Gasteiger partial charge on any atom is 0.228 e. The van der Waals surface area contributed by atoms with Crippen LogP contribution in [0.25, 0.3) is 0 Å². The van der Waals surface area contributed by atoms with Crippen molar-refractivity contribution in [3.63, 3.8) is 0 Å². The van der Waals surface area contributed by atoms with E-state index in [0.717, 1.165) is 15.2 Å². The summed E-state index contributed by atoms with van der Waals surface area (Å²) in [6, 6.07) is 5.51. The molecule has 106 valence electrons. The first-order chi connectivity index (χ1) is 9.66. The van der Waals surface area contributed by atoms with E-state index in [1.165, 1.54) is 0 Å². The molecule has 1 aromatic carbocycles. The van der Waals surface area contributed by atoms with Gasteiger partial charge in [0.1, 0.15) is 16.5 Å². The van der Waals surface area contributed by atoms with E-state index in [9.17, 15) is 0 Å². The number of hydrogen-bond acceptors (Lipinski definition) is 6. The number of benzene rings is 1. The smallest absolute Gasteiger partial charge is 0.228 e. The molecule has 0 aliphatic carbocycles. The van der Waals surface area contributed by atoms with E-state index in [2.05, 4.69) is 31.2 Å². The highest BCUT2D eigenvalue weighted by atomic mass is 79.9. The van der Waals surface area contributed by atoms with Crippen molar-refractivity contribution >= 4 is 39.3 Å². The van der Waals surface area contributed by atoms with Gasteiger partial charge in [-0.3, -0.25) is 0 Å². The normalized spacial score (nSPS) is 10.2. The summed E-state index contributed by atoms with van der Waals surface area (Å²) in [7, 11) is 3.22. The second kappa shape index (κ2) is 6.81. The number of rotatable bonds is 5. The van der Waals surface area contributed by atoms with Gasteiger partial charge in [0.2, 0.25) is 5.95 Å². The van der Waals surface area contributed by atoms with Gasteiger partial charge in [-0.25, -0.2) is 9.97 Å². The molecule has 0 aliphatic heterocycles. The summed E-state index contributed by atoms with van der Waals surface area (Å²) in [5.41, 5.74) is 0.801. The molecule has 0 fully saturated rings. The maximum absolute atomic E-state index is 5.23. The third-order valence-electron chi connectivity index (χ3n) is 2.51. The Bertz CT molecular complexity index is 588. The van der Waals surface area contributed by atoms with Crippen LogP contribution in [-0.2, 0) is 0 Å². The lowest BCUT2D eigenvalue weighted by Gasteiger charge is -2.10. The zero-order chi connectivity index (χ0) is 14.5. The third kappa shape index (κ3) is 3.55. The molecule has 20 heavy (non-hydrogen) atoms. The molecular weight excluding hydrogens is 342 g/mol. The number of anilines is 2. The van der Waals surface area contributed by atoms with Crippen LogP contribution in [-0.4, -0.2) is 30.4 Å². The van der Waals surface area contributed by atoms with Crippen LogP contribution in [0, 0.1) is 0 Å². The number of thioether (sulfide) groups is 1. The zero-order valence-electron chi connectivity index (χ0n) is 11.3. The van der Waals surface area contributed by atoms with Crippen LogP contribution >= 0.6 is 27.7 Å². The van der Waals surface area contributed by atoms with E-state index in [0.29, 0.717) is 17.4 Å². The Morgan fingerprint density at radius 2 is 1.80 bits per heavy atom. The minimum Gasteiger partial charge on any atom is -0.497 e. The Morgan fingerprint density at radius 1 is 1.15 bits per heavy atom. The van der Waals surface area contributed by atoms with Crippen molar-refractivity contribution in [2.75, 3.05) is 25.8 Å². The second-order valence-electron chi connectivity index (χ2n) is 3.78. The summed E-state index contributed by atoms with van der Waals surface area (Å²) >= 11 is 4.96. The van der Waals surface area contributed by atoms with Gasteiger partial charge in [-0.05, 0) is 22.2 Å². The summed E-state index contributed by atoms with van der Waals surface area (Å²) in [6.45, 7) is 0. The van der Waals surface area contributed by atoms with Crippen molar-refractivity contribution in [3.05, 3.63) is 28.9 Å². The predicted molar refractivity (Wildman–Crippen MR) is 84.3 cm³/mol. The Balaban J connectivity index is 2.29. The van der Waals surface area contributed by atoms with Crippen LogP contribution < -0.4 is 14.8 Å². The molecule has 1 heterocycles. The fourth-order valence-electron chi connectivity index (χ4n) is 1.56. The molecule has 1 aromatic heterocycles. The van der Waals surface area contributed by atoms with Crippen LogP contribution in [0.3, 0.4) is 0 Å². The SMILES string of the molecule is COc1cc(Nc2ncc(Br)c(SC)n2)cc(OC)c1. The number of halogens is 1. The molecule has 0 atom stereocenters. The van der Waals surface area contributed by atoms with Gasteiger partial charge in [-0.2, -0.15) is 0 Å². The molecule has 1 N–H and O–H groups in total. The Hall–Kier alpha value is -1.47. The van der Waals surface area contributed by atoms with Crippen molar-refractivity contribution in [2.45, 2.75) is 5.03 Å². The molecule has 0 spiro atoms. The summed E-state index contributed by atoms with van der Waals surface area (Å²) in [4.78, 5) is 8.64. The number of nitrogens with zero attached hydrogens (tertiary/aromatic N) is 2. The van der Waals surface area contributed by atoms with E-state index < -0.39 is 0 Å². The van der Waals surface area contributed by atoms with E-state index in [1.807, 2.05) is 18.4 Å². The predicted octanol–water partition coefficient (Wildman–Crippen LogP) is 3.72. The highest BCUT2D eigenvalue weighted by Gasteiger charge is 2.06. The Kier molecular flexibility index (Phi) is 5.08. The lowest BCUT2D eigenvalue weighted by molar-refractivity contribution is 0.395. The number of hydrogen-bond donors (Lipinski definition) is 1. The van der Waals surface area contributed by atoms with Crippen LogP contribution in [0.5, 0.6) is 11.5 Å². The van der Waals surface area contributed by atoms with E-state index in [1.54, 1.807) is 38.2 Å². The molecule has 2 rings (SSSR count). The highest BCUT2D eigenvalue weighted by Crippen LogP contribution is 2.28. The molecule has 0 radical (unpaired) electrons. The van der Waals surface area contributed by atoms with Crippen LogP contribution in [0.4, 0.5) is 11.6 Å². The van der Waals surface area contributed by atoms with E-state index >= 15 is 0 Å². The zero-order valence-corrected chi connectivity index (χ0v) is 13.7. The molecule has 0 unspecified atom stereocenters. The Morgan fingerprint density at radius 3 is 2.35 bits per heavy atom. The van der Waals surface area contributed by atoms with Gasteiger partial charge < -0.3 is 14.8 Å². The van der Waals surface area contributed by atoms with Crippen molar-refractivity contribution in [1.82, 2.24) is 9.97 Å². The summed E-state index contributed by atoms with van der Waals surface area (Å²) in [6.07, 6.45) is 3.68. The fraction of sp³-hybridized carbons (Fsp3) is 0.231. The topological polar surface area (TPSA) is 56.3 Å². The van der Waals surface area contributed by atoms with Gasteiger partial charge in [-0.1, -0.05) is 0 Å². The Labute approximate surface area is 130 Å². The van der Waals surface area contributed by atoms with E-state index in [4.69, 9.17) is 9.47 Å². The lowest BCUT2D eigenvalue weighted by Crippen LogP contribution is -1.99. The van der Waals surface area contributed by atoms with Gasteiger partial charge >= 0.3 is 0 Å². The van der Waals surface area contributed by atoms with Crippen LogP contribution in [0.15, 0.2) is 33.9 Å². The molecule has 2 aromatic rings.